The highest BCUT2D eigenvalue weighted by Gasteiger charge is 2.22. The zero-order valence-electron chi connectivity index (χ0n) is 19.3. The maximum absolute atomic E-state index is 13.4. The second-order valence-corrected chi connectivity index (χ2v) is 9.56. The Bertz CT molecular complexity index is 1030. The Labute approximate surface area is 199 Å². The number of benzene rings is 2. The van der Waals surface area contributed by atoms with Gasteiger partial charge in [0, 0.05) is 29.3 Å². The summed E-state index contributed by atoms with van der Waals surface area (Å²) in [6.45, 7) is 5.47. The van der Waals surface area contributed by atoms with Crippen LogP contribution in [-0.2, 0) is 29.1 Å². The van der Waals surface area contributed by atoms with Crippen LogP contribution in [0.2, 0.25) is 0 Å². The first-order chi connectivity index (χ1) is 15.9. The summed E-state index contributed by atoms with van der Waals surface area (Å²) in [6.07, 6.45) is 1.81. The van der Waals surface area contributed by atoms with Gasteiger partial charge in [-0.15, -0.1) is 11.3 Å². The average molecular weight is 467 g/mol. The van der Waals surface area contributed by atoms with Crippen molar-refractivity contribution in [2.24, 2.45) is 0 Å². The number of rotatable bonds is 11. The molecule has 0 saturated carbocycles. The van der Waals surface area contributed by atoms with Gasteiger partial charge >= 0.3 is 0 Å². The Hall–Kier alpha value is -2.99. The lowest BCUT2D eigenvalue weighted by Gasteiger charge is -2.27. The number of carbonyl (C=O) groups excluding carboxylic acids is 2. The predicted molar refractivity (Wildman–Crippen MR) is 131 cm³/mol. The second-order valence-electron chi connectivity index (χ2n) is 8.19. The molecule has 4 nitrogen and oxygen atoms in total. The third-order valence-electron chi connectivity index (χ3n) is 5.42. The van der Waals surface area contributed by atoms with E-state index in [0.29, 0.717) is 32.5 Å². The number of hydrogen-bond acceptors (Lipinski definition) is 3. The van der Waals surface area contributed by atoms with E-state index in [1.807, 2.05) is 56.3 Å². The van der Waals surface area contributed by atoms with Gasteiger partial charge in [0.15, 0.2) is 0 Å². The predicted octanol–water partition coefficient (Wildman–Crippen LogP) is 5.60. The molecule has 0 radical (unpaired) electrons. The smallest absolute Gasteiger partial charge is 0.242 e. The van der Waals surface area contributed by atoms with Crippen LogP contribution in [0, 0.1) is 12.7 Å². The molecular formula is C27H31FN2O2S. The van der Waals surface area contributed by atoms with Crippen LogP contribution in [0.4, 0.5) is 4.39 Å². The van der Waals surface area contributed by atoms with E-state index in [1.54, 1.807) is 33.3 Å². The van der Waals surface area contributed by atoms with Gasteiger partial charge in [-0.2, -0.15) is 0 Å². The topological polar surface area (TPSA) is 40.6 Å². The third-order valence-corrected chi connectivity index (χ3v) is 6.41. The van der Waals surface area contributed by atoms with Crippen LogP contribution in [-0.4, -0.2) is 34.7 Å². The number of aryl methyl sites for hydroxylation is 2. The summed E-state index contributed by atoms with van der Waals surface area (Å²) in [5.74, 6) is -0.418. The highest BCUT2D eigenvalue weighted by atomic mass is 32.1. The molecule has 3 aromatic rings. The molecule has 3 rings (SSSR count). The Morgan fingerprint density at radius 1 is 0.848 bits per heavy atom. The molecule has 0 saturated heterocycles. The lowest BCUT2D eigenvalue weighted by atomic mass is 10.1. The first-order valence-electron chi connectivity index (χ1n) is 11.3. The van der Waals surface area contributed by atoms with Crippen LogP contribution in [0.1, 0.15) is 40.6 Å². The van der Waals surface area contributed by atoms with Gasteiger partial charge in [-0.3, -0.25) is 9.59 Å². The normalized spacial score (nSPS) is 10.8. The van der Waals surface area contributed by atoms with Gasteiger partial charge in [0.1, 0.15) is 5.82 Å². The van der Waals surface area contributed by atoms with Gasteiger partial charge < -0.3 is 9.80 Å². The maximum atomic E-state index is 13.4. The molecule has 6 heteroatoms. The van der Waals surface area contributed by atoms with E-state index in [9.17, 15) is 14.0 Å². The molecule has 0 aliphatic heterocycles. The number of nitrogens with zero attached hydrogens (tertiary/aromatic N) is 2. The summed E-state index contributed by atoms with van der Waals surface area (Å²) in [6, 6.07) is 20.2. The van der Waals surface area contributed by atoms with Gasteiger partial charge in [0.05, 0.1) is 13.1 Å². The highest BCUT2D eigenvalue weighted by molar-refractivity contribution is 7.11. The number of thiophene rings is 1. The standard InChI is InChI=1S/C27H31FN2O2S/c1-3-17-29(26(31)16-12-22-7-5-4-6-8-22)20-27(32)30(19-25-15-9-21(2)33-25)18-23-10-13-24(28)14-11-23/h4-11,13-15H,3,12,16-20H2,1-2H3. The van der Waals surface area contributed by atoms with Crippen LogP contribution in [0.5, 0.6) is 0 Å². The van der Waals surface area contributed by atoms with Gasteiger partial charge in [-0.05, 0) is 55.2 Å². The quantitative estimate of drug-likeness (QED) is 0.369. The van der Waals surface area contributed by atoms with Crippen molar-refractivity contribution in [1.82, 2.24) is 9.80 Å². The van der Waals surface area contributed by atoms with Crippen LogP contribution in [0.3, 0.4) is 0 Å². The molecule has 1 heterocycles. The number of carbonyl (C=O) groups is 2. The molecule has 0 N–H and O–H groups in total. The monoisotopic (exact) mass is 466 g/mol. The Morgan fingerprint density at radius 2 is 1.58 bits per heavy atom. The molecule has 0 unspecified atom stereocenters. The number of hydrogen-bond donors (Lipinski definition) is 0. The molecule has 0 atom stereocenters. The lowest BCUT2D eigenvalue weighted by Crippen LogP contribution is -2.42. The van der Waals surface area contributed by atoms with Crippen molar-refractivity contribution in [3.63, 3.8) is 0 Å². The molecule has 2 aromatic carbocycles. The van der Waals surface area contributed by atoms with Crippen molar-refractivity contribution in [2.45, 2.75) is 46.2 Å². The zero-order chi connectivity index (χ0) is 23.6. The summed E-state index contributed by atoms with van der Waals surface area (Å²) in [7, 11) is 0. The van der Waals surface area contributed by atoms with Crippen molar-refractivity contribution >= 4 is 23.2 Å². The first kappa shape index (κ1) is 24.6. The van der Waals surface area contributed by atoms with E-state index >= 15 is 0 Å². The fourth-order valence-corrected chi connectivity index (χ4v) is 4.59. The molecule has 2 amide bonds. The van der Waals surface area contributed by atoms with Gasteiger partial charge in [-0.1, -0.05) is 49.4 Å². The van der Waals surface area contributed by atoms with E-state index in [2.05, 4.69) is 0 Å². The summed E-state index contributed by atoms with van der Waals surface area (Å²) >= 11 is 1.65. The van der Waals surface area contributed by atoms with E-state index < -0.39 is 0 Å². The summed E-state index contributed by atoms with van der Waals surface area (Å²) in [4.78, 5) is 32.0. The Morgan fingerprint density at radius 3 is 2.21 bits per heavy atom. The summed E-state index contributed by atoms with van der Waals surface area (Å²) < 4.78 is 13.4. The third kappa shape index (κ3) is 7.82. The van der Waals surface area contributed by atoms with Crippen molar-refractivity contribution in [1.29, 1.82) is 0 Å². The minimum absolute atomic E-state index is 0.0113. The maximum Gasteiger partial charge on any atom is 0.242 e. The van der Waals surface area contributed by atoms with Crippen LogP contribution >= 0.6 is 11.3 Å². The van der Waals surface area contributed by atoms with E-state index in [-0.39, 0.29) is 24.2 Å². The SMILES string of the molecule is CCCN(CC(=O)N(Cc1ccc(F)cc1)Cc1ccc(C)s1)C(=O)CCc1ccccc1. The van der Waals surface area contributed by atoms with Crippen LogP contribution in [0.25, 0.3) is 0 Å². The van der Waals surface area contributed by atoms with E-state index in [1.165, 1.54) is 17.0 Å². The average Bonchev–Trinajstić information content (AvgIpc) is 3.23. The van der Waals surface area contributed by atoms with Crippen LogP contribution < -0.4 is 0 Å². The molecule has 174 valence electrons. The van der Waals surface area contributed by atoms with E-state index in [4.69, 9.17) is 0 Å². The lowest BCUT2D eigenvalue weighted by molar-refractivity contribution is -0.141. The van der Waals surface area contributed by atoms with E-state index in [0.717, 1.165) is 22.4 Å². The molecular weight excluding hydrogens is 435 g/mol. The molecule has 0 aliphatic rings. The van der Waals surface area contributed by atoms with Crippen molar-refractivity contribution in [3.05, 3.63) is 93.4 Å². The second kappa shape index (κ2) is 12.3. The molecule has 0 aliphatic carbocycles. The number of halogens is 1. The molecule has 0 bridgehead atoms. The van der Waals surface area contributed by atoms with Gasteiger partial charge in [0.2, 0.25) is 11.8 Å². The fraction of sp³-hybridized carbons (Fsp3) is 0.333. The Kier molecular flexibility index (Phi) is 9.19. The number of amides is 2. The largest absolute Gasteiger partial charge is 0.333 e. The Balaban J connectivity index is 1.69. The van der Waals surface area contributed by atoms with Crippen LogP contribution in [0.15, 0.2) is 66.7 Å². The molecule has 0 fully saturated rings. The first-order valence-corrected chi connectivity index (χ1v) is 12.2. The van der Waals surface area contributed by atoms with Crippen molar-refractivity contribution < 1.29 is 14.0 Å². The fourth-order valence-electron chi connectivity index (χ4n) is 3.68. The zero-order valence-corrected chi connectivity index (χ0v) is 20.1. The molecule has 0 spiro atoms. The highest BCUT2D eigenvalue weighted by Crippen LogP contribution is 2.19. The molecule has 1 aromatic heterocycles. The minimum Gasteiger partial charge on any atom is -0.333 e. The minimum atomic E-state index is -0.302. The van der Waals surface area contributed by atoms with Gasteiger partial charge in [-0.25, -0.2) is 4.39 Å². The molecule has 33 heavy (non-hydrogen) atoms. The summed E-state index contributed by atoms with van der Waals surface area (Å²) in [5.41, 5.74) is 1.97. The van der Waals surface area contributed by atoms with Crippen molar-refractivity contribution in [2.75, 3.05) is 13.1 Å². The summed E-state index contributed by atoms with van der Waals surface area (Å²) in [5, 5.41) is 0. The van der Waals surface area contributed by atoms with Crippen molar-refractivity contribution in [3.8, 4) is 0 Å². The van der Waals surface area contributed by atoms with Gasteiger partial charge in [0.25, 0.3) is 0 Å².